The van der Waals surface area contributed by atoms with Crippen LogP contribution in [-0.2, 0) is 11.2 Å². The quantitative estimate of drug-likeness (QED) is 0.561. The molecule has 0 aromatic heterocycles. The van der Waals surface area contributed by atoms with Gasteiger partial charge in [0.15, 0.2) is 0 Å². The number of rotatable bonds is 4. The highest BCUT2D eigenvalue weighted by atomic mass is 19.1. The van der Waals surface area contributed by atoms with Crippen LogP contribution in [0.25, 0.3) is 11.6 Å². The summed E-state index contributed by atoms with van der Waals surface area (Å²) in [5, 5.41) is 18.9. The summed E-state index contributed by atoms with van der Waals surface area (Å²) in [5.41, 5.74) is 4.08. The normalized spacial score (nSPS) is 20.9. The second-order valence-electron chi connectivity index (χ2n) is 10.3. The van der Waals surface area contributed by atoms with Crippen LogP contribution < -0.4 is 0 Å². The van der Waals surface area contributed by atoms with Crippen LogP contribution in [0.4, 0.5) is 8.78 Å². The Kier molecular flexibility index (Phi) is 5.91. The fraction of sp³-hybridized carbons (Fsp3) is 0.370. The van der Waals surface area contributed by atoms with Gasteiger partial charge in [0.1, 0.15) is 17.4 Å². The number of nitrogens with zero attached hydrogens (tertiary/aromatic N) is 1. The molecule has 0 saturated heterocycles. The van der Waals surface area contributed by atoms with Gasteiger partial charge in [-0.1, -0.05) is 26.8 Å². The molecule has 0 fully saturated rings. The topological polar surface area (TPSA) is 60.8 Å². The monoisotopic (exact) mass is 453 g/mol. The molecule has 0 amide bonds. The van der Waals surface area contributed by atoms with Crippen molar-refractivity contribution < 1.29 is 23.8 Å². The molecular weight excluding hydrogens is 424 g/mol. The van der Waals surface area contributed by atoms with Gasteiger partial charge in [-0.25, -0.2) is 13.6 Å². The zero-order valence-electron chi connectivity index (χ0n) is 19.3. The minimum absolute atomic E-state index is 0.0113. The molecular formula is C27H29F2NO3. The molecule has 4 nitrogen and oxygen atoms in total. The summed E-state index contributed by atoms with van der Waals surface area (Å²) in [7, 11) is 0. The summed E-state index contributed by atoms with van der Waals surface area (Å²) in [4.78, 5) is 13.0. The summed E-state index contributed by atoms with van der Waals surface area (Å²) >= 11 is 0. The van der Waals surface area contributed by atoms with Crippen molar-refractivity contribution in [3.05, 3.63) is 75.9 Å². The zero-order chi connectivity index (χ0) is 24.1. The molecule has 0 bridgehead atoms. The van der Waals surface area contributed by atoms with Crippen LogP contribution in [0.15, 0.2) is 42.0 Å². The predicted molar refractivity (Wildman–Crippen MR) is 125 cm³/mol. The zero-order valence-corrected chi connectivity index (χ0v) is 19.3. The maximum atomic E-state index is 15.5. The first-order valence-corrected chi connectivity index (χ1v) is 11.1. The number of carbonyl (C=O) groups is 1. The van der Waals surface area contributed by atoms with E-state index in [1.54, 1.807) is 12.1 Å². The van der Waals surface area contributed by atoms with Gasteiger partial charge in [-0.05, 0) is 83.4 Å². The first-order chi connectivity index (χ1) is 15.4. The molecule has 174 valence electrons. The van der Waals surface area contributed by atoms with Crippen molar-refractivity contribution in [2.24, 2.45) is 5.41 Å². The van der Waals surface area contributed by atoms with Gasteiger partial charge in [0, 0.05) is 24.2 Å². The Morgan fingerprint density at radius 3 is 2.45 bits per heavy atom. The third-order valence-electron chi connectivity index (χ3n) is 6.36. The second kappa shape index (κ2) is 8.41. The molecule has 0 saturated carbocycles. The minimum atomic E-state index is -1.18. The van der Waals surface area contributed by atoms with Crippen LogP contribution in [0, 0.1) is 17.0 Å². The van der Waals surface area contributed by atoms with Crippen LogP contribution in [0.3, 0.4) is 0 Å². The van der Waals surface area contributed by atoms with Crippen molar-refractivity contribution in [3.8, 4) is 5.75 Å². The molecule has 0 spiro atoms. The van der Waals surface area contributed by atoms with Gasteiger partial charge in [0.2, 0.25) is 0 Å². The minimum Gasteiger partial charge on any atom is -0.508 e. The first-order valence-electron chi connectivity index (χ1n) is 11.1. The van der Waals surface area contributed by atoms with E-state index in [1.165, 1.54) is 18.2 Å². The highest BCUT2D eigenvalue weighted by molar-refractivity contribution is 5.85. The molecule has 2 N–H and O–H groups in total. The van der Waals surface area contributed by atoms with Crippen molar-refractivity contribution in [2.75, 3.05) is 6.54 Å². The van der Waals surface area contributed by atoms with Crippen molar-refractivity contribution in [1.82, 2.24) is 4.90 Å². The van der Waals surface area contributed by atoms with E-state index in [9.17, 15) is 9.90 Å². The molecule has 6 heteroatoms. The molecule has 2 aliphatic rings. The second-order valence-corrected chi connectivity index (χ2v) is 10.3. The number of halogens is 2. The van der Waals surface area contributed by atoms with Gasteiger partial charge in [-0.15, -0.1) is 0 Å². The van der Waals surface area contributed by atoms with Gasteiger partial charge in [0.05, 0.1) is 6.04 Å². The maximum Gasteiger partial charge on any atom is 0.328 e. The maximum absolute atomic E-state index is 15.5. The van der Waals surface area contributed by atoms with Gasteiger partial charge < -0.3 is 10.2 Å². The lowest BCUT2D eigenvalue weighted by Gasteiger charge is -2.45. The number of aliphatic carboxylic acids is 1. The molecule has 1 aliphatic heterocycles. The Bertz CT molecular complexity index is 1150. The largest absolute Gasteiger partial charge is 0.508 e. The highest BCUT2D eigenvalue weighted by Gasteiger charge is 2.42. The van der Waals surface area contributed by atoms with Crippen LogP contribution in [0.5, 0.6) is 5.75 Å². The Balaban J connectivity index is 1.87. The fourth-order valence-corrected chi connectivity index (χ4v) is 5.12. The Morgan fingerprint density at radius 2 is 1.85 bits per heavy atom. The lowest BCUT2D eigenvalue weighted by atomic mass is 9.82. The SMILES string of the molecule is C[C@H]1CC2=C(Cc3ccc(O)cc32)[C@H](c2c(F)cc(/C=C/C(=O)O)cc2F)N1CC(C)(C)C. The Morgan fingerprint density at radius 1 is 1.18 bits per heavy atom. The summed E-state index contributed by atoms with van der Waals surface area (Å²) in [6.45, 7) is 9.04. The van der Waals surface area contributed by atoms with Gasteiger partial charge in [-0.2, -0.15) is 0 Å². The van der Waals surface area contributed by atoms with Crippen molar-refractivity contribution in [1.29, 1.82) is 0 Å². The molecule has 2 aromatic carbocycles. The molecule has 0 radical (unpaired) electrons. The standard InChI is InChI=1S/C27H29F2NO3/c1-15-9-20-19-13-18(31)7-6-17(19)12-21(20)26(30(15)14-27(2,3)4)25-22(28)10-16(11-23(25)29)5-8-24(32)33/h5-8,10-11,13,15,26,31H,9,12,14H2,1-4H3,(H,32,33)/b8-5+/t15-,26+/m0/s1. The summed E-state index contributed by atoms with van der Waals surface area (Å²) in [6, 6.07) is 7.11. The van der Waals surface area contributed by atoms with E-state index in [-0.39, 0.29) is 28.3 Å². The van der Waals surface area contributed by atoms with E-state index in [1.807, 2.05) is 6.07 Å². The van der Waals surface area contributed by atoms with Gasteiger partial charge in [-0.3, -0.25) is 4.90 Å². The van der Waals surface area contributed by atoms with Crippen LogP contribution in [0.2, 0.25) is 0 Å². The molecule has 33 heavy (non-hydrogen) atoms. The molecule has 1 heterocycles. The first kappa shape index (κ1) is 23.2. The van der Waals surface area contributed by atoms with Gasteiger partial charge >= 0.3 is 5.97 Å². The number of hydrogen-bond acceptors (Lipinski definition) is 3. The number of carboxylic acids is 1. The van der Waals surface area contributed by atoms with E-state index in [0.29, 0.717) is 13.0 Å². The number of hydrogen-bond donors (Lipinski definition) is 2. The lowest BCUT2D eigenvalue weighted by Crippen LogP contribution is -2.45. The number of aromatic hydroxyl groups is 1. The van der Waals surface area contributed by atoms with Crippen molar-refractivity contribution in [2.45, 2.75) is 52.6 Å². The summed E-state index contributed by atoms with van der Waals surface area (Å²) in [5.74, 6) is -2.39. The van der Waals surface area contributed by atoms with E-state index in [0.717, 1.165) is 34.8 Å². The number of fused-ring (bicyclic) bond motifs is 2. The average Bonchev–Trinajstić information content (AvgIpc) is 3.04. The summed E-state index contributed by atoms with van der Waals surface area (Å²) in [6.07, 6.45) is 3.36. The molecule has 2 atom stereocenters. The predicted octanol–water partition coefficient (Wildman–Crippen LogP) is 5.96. The van der Waals surface area contributed by atoms with Crippen LogP contribution >= 0.6 is 0 Å². The number of phenolic OH excluding ortho intramolecular Hbond substituents is 1. The number of phenols is 1. The third-order valence-corrected chi connectivity index (χ3v) is 6.36. The van der Waals surface area contributed by atoms with Crippen LogP contribution in [-0.4, -0.2) is 33.7 Å². The number of carboxylic acid groups (broad SMARTS) is 1. The van der Waals surface area contributed by atoms with Crippen LogP contribution in [0.1, 0.15) is 62.4 Å². The molecule has 0 unspecified atom stereocenters. The number of benzene rings is 2. The highest BCUT2D eigenvalue weighted by Crippen LogP contribution is 2.50. The van der Waals surface area contributed by atoms with E-state index in [4.69, 9.17) is 5.11 Å². The molecule has 2 aromatic rings. The molecule has 1 aliphatic carbocycles. The van der Waals surface area contributed by atoms with Crippen molar-refractivity contribution >= 4 is 17.6 Å². The molecule has 4 rings (SSSR count). The lowest BCUT2D eigenvalue weighted by molar-refractivity contribution is -0.131. The smallest absolute Gasteiger partial charge is 0.328 e. The Hall–Kier alpha value is -2.99. The van der Waals surface area contributed by atoms with E-state index >= 15 is 8.78 Å². The van der Waals surface area contributed by atoms with Crippen molar-refractivity contribution in [3.63, 3.8) is 0 Å². The summed E-state index contributed by atoms with van der Waals surface area (Å²) < 4.78 is 31.0. The van der Waals surface area contributed by atoms with E-state index < -0.39 is 23.6 Å². The third kappa shape index (κ3) is 4.58. The fourth-order valence-electron chi connectivity index (χ4n) is 5.12. The van der Waals surface area contributed by atoms with Gasteiger partial charge in [0.25, 0.3) is 0 Å². The average molecular weight is 454 g/mol. The Labute approximate surface area is 192 Å². The van der Waals surface area contributed by atoms with E-state index in [2.05, 4.69) is 32.6 Å².